The first-order valence-electron chi connectivity index (χ1n) is 8.98. The Kier molecular flexibility index (Phi) is 4.66. The first-order chi connectivity index (χ1) is 12.7. The highest BCUT2D eigenvalue weighted by atomic mass is 15.3. The summed E-state index contributed by atoms with van der Waals surface area (Å²) in [7, 11) is 0. The van der Waals surface area contributed by atoms with Crippen molar-refractivity contribution in [3.05, 3.63) is 54.3 Å². The molecule has 136 valence electrons. The second kappa shape index (κ2) is 7.25. The summed E-state index contributed by atoms with van der Waals surface area (Å²) >= 11 is 0. The molecule has 0 spiro atoms. The average Bonchev–Trinajstić information content (AvgIpc) is 3.27. The molecule has 26 heavy (non-hydrogen) atoms. The quantitative estimate of drug-likeness (QED) is 0.732. The molecule has 0 bridgehead atoms. The first kappa shape index (κ1) is 16.7. The predicted molar refractivity (Wildman–Crippen MR) is 98.3 cm³/mol. The number of hydrogen-bond donors (Lipinski definition) is 1. The highest BCUT2D eigenvalue weighted by molar-refractivity contribution is 5.31. The molecule has 8 heteroatoms. The molecule has 0 amide bonds. The molecule has 3 aromatic rings. The maximum atomic E-state index is 4.70. The first-order valence-corrected chi connectivity index (χ1v) is 8.98. The van der Waals surface area contributed by atoms with Gasteiger partial charge in [0.1, 0.15) is 11.6 Å². The lowest BCUT2D eigenvalue weighted by molar-refractivity contribution is 0.197. The maximum Gasteiger partial charge on any atom is 0.144 e. The SMILES string of the molecule is CC(C)n1ccnc1CN1CCn2nc(CNc3cnccn3)cc2C1. The molecule has 0 saturated heterocycles. The molecule has 0 atom stereocenters. The van der Waals surface area contributed by atoms with Crippen LogP contribution in [-0.2, 0) is 26.2 Å². The number of nitrogens with one attached hydrogen (secondary N) is 1. The summed E-state index contributed by atoms with van der Waals surface area (Å²) in [5, 5.41) is 7.96. The lowest BCUT2D eigenvalue weighted by Gasteiger charge is -2.27. The third-order valence-corrected chi connectivity index (χ3v) is 4.61. The number of anilines is 1. The molecule has 4 heterocycles. The number of aromatic nitrogens is 6. The van der Waals surface area contributed by atoms with E-state index >= 15 is 0 Å². The van der Waals surface area contributed by atoms with Gasteiger partial charge in [-0.25, -0.2) is 9.97 Å². The standard InChI is InChI=1S/C18H24N8/c1-14(2)25-6-5-21-18(25)13-24-7-8-26-16(12-24)9-15(23-26)10-22-17-11-19-3-4-20-17/h3-6,9,11,14H,7-8,10,12-13H2,1-2H3,(H,20,22). The van der Waals surface area contributed by atoms with Gasteiger partial charge in [0.2, 0.25) is 0 Å². The zero-order valence-electron chi connectivity index (χ0n) is 15.2. The van der Waals surface area contributed by atoms with Gasteiger partial charge in [-0.05, 0) is 19.9 Å². The summed E-state index contributed by atoms with van der Waals surface area (Å²) < 4.78 is 4.35. The van der Waals surface area contributed by atoms with Crippen LogP contribution in [0.25, 0.3) is 0 Å². The fourth-order valence-corrected chi connectivity index (χ4v) is 3.31. The summed E-state index contributed by atoms with van der Waals surface area (Å²) in [5.41, 5.74) is 2.27. The van der Waals surface area contributed by atoms with Crippen molar-refractivity contribution in [3.8, 4) is 0 Å². The maximum absolute atomic E-state index is 4.70. The van der Waals surface area contributed by atoms with E-state index in [1.807, 2.05) is 6.20 Å². The van der Waals surface area contributed by atoms with Crippen LogP contribution >= 0.6 is 0 Å². The number of nitrogens with zero attached hydrogens (tertiary/aromatic N) is 7. The van der Waals surface area contributed by atoms with Crippen LogP contribution in [0.2, 0.25) is 0 Å². The molecule has 0 aliphatic carbocycles. The summed E-state index contributed by atoms with van der Waals surface area (Å²) in [4.78, 5) is 15.2. The lowest BCUT2D eigenvalue weighted by Crippen LogP contribution is -2.34. The minimum absolute atomic E-state index is 0.432. The van der Waals surface area contributed by atoms with Crippen molar-refractivity contribution in [2.45, 2.75) is 46.1 Å². The van der Waals surface area contributed by atoms with Gasteiger partial charge in [-0.3, -0.25) is 14.6 Å². The van der Waals surface area contributed by atoms with E-state index in [1.165, 1.54) is 5.69 Å². The van der Waals surface area contributed by atoms with Crippen molar-refractivity contribution in [1.82, 2.24) is 34.2 Å². The van der Waals surface area contributed by atoms with E-state index in [-0.39, 0.29) is 0 Å². The zero-order valence-corrected chi connectivity index (χ0v) is 15.2. The minimum Gasteiger partial charge on any atom is -0.363 e. The lowest BCUT2D eigenvalue weighted by atomic mass is 10.2. The molecular weight excluding hydrogens is 328 g/mol. The second-order valence-corrected chi connectivity index (χ2v) is 6.85. The van der Waals surface area contributed by atoms with Crippen molar-refractivity contribution >= 4 is 5.82 Å². The summed E-state index contributed by atoms with van der Waals surface area (Å²) in [5.74, 6) is 1.89. The molecule has 8 nitrogen and oxygen atoms in total. The van der Waals surface area contributed by atoms with Crippen LogP contribution in [0, 0.1) is 0 Å². The summed E-state index contributed by atoms with van der Waals surface area (Å²) in [6, 6.07) is 2.60. The molecule has 0 saturated carbocycles. The number of hydrogen-bond acceptors (Lipinski definition) is 6. The van der Waals surface area contributed by atoms with Crippen molar-refractivity contribution in [3.63, 3.8) is 0 Å². The van der Waals surface area contributed by atoms with Gasteiger partial charge in [0.25, 0.3) is 0 Å². The molecule has 4 rings (SSSR count). The van der Waals surface area contributed by atoms with E-state index in [4.69, 9.17) is 5.10 Å². The second-order valence-electron chi connectivity index (χ2n) is 6.85. The number of fused-ring (bicyclic) bond motifs is 1. The summed E-state index contributed by atoms with van der Waals surface area (Å²) in [6.45, 7) is 8.67. The Bertz CT molecular complexity index is 851. The van der Waals surface area contributed by atoms with Gasteiger partial charge >= 0.3 is 0 Å². The van der Waals surface area contributed by atoms with Crippen molar-refractivity contribution in [2.24, 2.45) is 0 Å². The van der Waals surface area contributed by atoms with Crippen LogP contribution in [0.15, 0.2) is 37.1 Å². The van der Waals surface area contributed by atoms with Crippen LogP contribution in [0.5, 0.6) is 0 Å². The molecule has 0 aromatic carbocycles. The van der Waals surface area contributed by atoms with E-state index in [9.17, 15) is 0 Å². The van der Waals surface area contributed by atoms with Crippen molar-refractivity contribution < 1.29 is 0 Å². The highest BCUT2D eigenvalue weighted by Gasteiger charge is 2.20. The van der Waals surface area contributed by atoms with Gasteiger partial charge in [-0.15, -0.1) is 0 Å². The molecule has 1 N–H and O–H groups in total. The molecular formula is C18H24N8. The highest BCUT2D eigenvalue weighted by Crippen LogP contribution is 2.18. The fourth-order valence-electron chi connectivity index (χ4n) is 3.31. The molecule has 1 aliphatic rings. The molecule has 1 aliphatic heterocycles. The van der Waals surface area contributed by atoms with Gasteiger partial charge in [0.15, 0.2) is 0 Å². The Morgan fingerprint density at radius 2 is 2.08 bits per heavy atom. The minimum atomic E-state index is 0.432. The monoisotopic (exact) mass is 352 g/mol. The number of imidazole rings is 1. The average molecular weight is 352 g/mol. The largest absolute Gasteiger partial charge is 0.363 e. The Morgan fingerprint density at radius 1 is 1.15 bits per heavy atom. The van der Waals surface area contributed by atoms with E-state index in [1.54, 1.807) is 18.6 Å². The van der Waals surface area contributed by atoms with E-state index < -0.39 is 0 Å². The Labute approximate surface area is 152 Å². The van der Waals surface area contributed by atoms with Crippen molar-refractivity contribution in [1.29, 1.82) is 0 Å². The Hall–Kier alpha value is -2.74. The fraction of sp³-hybridized carbons (Fsp3) is 0.444. The predicted octanol–water partition coefficient (Wildman–Crippen LogP) is 2.08. The van der Waals surface area contributed by atoms with Gasteiger partial charge in [0, 0.05) is 43.9 Å². The summed E-state index contributed by atoms with van der Waals surface area (Å²) in [6.07, 6.45) is 9.01. The van der Waals surface area contributed by atoms with E-state index in [0.717, 1.165) is 43.5 Å². The van der Waals surface area contributed by atoms with Crippen LogP contribution in [0.1, 0.15) is 37.1 Å². The van der Waals surface area contributed by atoms with Crippen LogP contribution in [0.3, 0.4) is 0 Å². The van der Waals surface area contributed by atoms with E-state index in [0.29, 0.717) is 12.6 Å². The van der Waals surface area contributed by atoms with Crippen LogP contribution in [0.4, 0.5) is 5.82 Å². The van der Waals surface area contributed by atoms with Crippen molar-refractivity contribution in [2.75, 3.05) is 11.9 Å². The van der Waals surface area contributed by atoms with Crippen LogP contribution < -0.4 is 5.32 Å². The van der Waals surface area contributed by atoms with Crippen LogP contribution in [-0.4, -0.2) is 40.7 Å². The molecule has 0 fully saturated rings. The van der Waals surface area contributed by atoms with E-state index in [2.05, 4.69) is 60.5 Å². The van der Waals surface area contributed by atoms with Gasteiger partial charge in [-0.2, -0.15) is 5.10 Å². The number of rotatable bonds is 6. The molecule has 3 aromatic heterocycles. The normalized spacial score (nSPS) is 14.6. The smallest absolute Gasteiger partial charge is 0.144 e. The third kappa shape index (κ3) is 3.60. The topological polar surface area (TPSA) is 76.7 Å². The van der Waals surface area contributed by atoms with Gasteiger partial charge in [0.05, 0.1) is 37.2 Å². The molecule has 0 radical (unpaired) electrons. The Morgan fingerprint density at radius 3 is 2.88 bits per heavy atom. The Balaban J connectivity index is 1.39. The molecule has 0 unspecified atom stereocenters. The third-order valence-electron chi connectivity index (χ3n) is 4.61. The van der Waals surface area contributed by atoms with Gasteiger partial charge < -0.3 is 9.88 Å². The zero-order chi connectivity index (χ0) is 17.9. The van der Waals surface area contributed by atoms with Gasteiger partial charge in [-0.1, -0.05) is 0 Å².